The van der Waals surface area contributed by atoms with Gasteiger partial charge in [0.25, 0.3) is 0 Å². The molecule has 0 saturated heterocycles. The molecule has 2 atom stereocenters. The van der Waals surface area contributed by atoms with Gasteiger partial charge in [0.1, 0.15) is 36.7 Å². The van der Waals surface area contributed by atoms with E-state index in [2.05, 4.69) is 11.9 Å². The van der Waals surface area contributed by atoms with Crippen LogP contribution in [-0.4, -0.2) is 101 Å². The highest BCUT2D eigenvalue weighted by Crippen LogP contribution is 2.64. The second-order valence-corrected chi connectivity index (χ2v) is 20.6. The molecule has 1 amide bonds. The van der Waals surface area contributed by atoms with Gasteiger partial charge in [-0.25, -0.2) is 18.4 Å². The molecule has 392 valence electrons. The molecule has 0 bridgehead atoms. The summed E-state index contributed by atoms with van der Waals surface area (Å²) < 4.78 is 291. The molecule has 0 unspecified atom stereocenters. The normalized spacial score (nSPS) is 14.8. The fraction of sp³-hybridized carbons (Fsp3) is 0.561. The Morgan fingerprint density at radius 3 is 1.72 bits per heavy atom. The van der Waals surface area contributed by atoms with Gasteiger partial charge in [0.05, 0.1) is 12.3 Å². The van der Waals surface area contributed by atoms with Crippen molar-refractivity contribution in [1.82, 2.24) is 0 Å². The van der Waals surface area contributed by atoms with Crippen LogP contribution in [-0.2, 0) is 23.4 Å². The zero-order valence-corrected chi connectivity index (χ0v) is 37.6. The predicted molar refractivity (Wildman–Crippen MR) is 209 cm³/mol. The molecule has 8 nitrogen and oxygen atoms in total. The molecule has 0 heterocycles. The Morgan fingerprint density at radius 2 is 1.25 bits per heavy atom. The van der Waals surface area contributed by atoms with Crippen LogP contribution in [0.15, 0.2) is 67.3 Å². The average molecular weight is 1050 g/mol. The van der Waals surface area contributed by atoms with E-state index in [0.29, 0.717) is 6.07 Å². The number of carbonyl (C=O) groups excluding carboxylic acids is 2. The van der Waals surface area contributed by atoms with E-state index >= 15 is 8.78 Å². The maximum atomic E-state index is 15.0. The minimum absolute atomic E-state index is 0.00355. The third-order valence-corrected chi connectivity index (χ3v) is 16.2. The van der Waals surface area contributed by atoms with Crippen LogP contribution in [0.1, 0.15) is 52.2 Å². The number of esters is 1. The SMILES string of the molecule is C=CCOC(=O)/C=C/C[C@H](OC)[C@@H](OC(=O)Nc1ccc(F)cc1F)c1ccc(OCCO[Si](CCC(F)(F)C(F)(F)C(F)(F)C(F)(F)C(F)(F)C(F)(F)C(F)(F)C(F)(F)F)(C(C)C)C(C)C)cc1. The number of alkyl halides is 17. The molecule has 0 saturated carbocycles. The van der Waals surface area contributed by atoms with E-state index in [9.17, 15) is 84.2 Å². The van der Waals surface area contributed by atoms with E-state index in [1.54, 1.807) is 0 Å². The number of halogens is 19. The molecule has 69 heavy (non-hydrogen) atoms. The van der Waals surface area contributed by atoms with Crippen LogP contribution in [0.4, 0.5) is 93.9 Å². The Morgan fingerprint density at radius 1 is 0.725 bits per heavy atom. The third-order valence-electron chi connectivity index (χ3n) is 10.5. The maximum absolute atomic E-state index is 15.0. The number of hydrogen-bond acceptors (Lipinski definition) is 7. The lowest BCUT2D eigenvalue weighted by Gasteiger charge is -2.44. The van der Waals surface area contributed by atoms with Gasteiger partial charge in [-0.15, -0.1) is 0 Å². The molecule has 0 aliphatic carbocycles. The monoisotopic (exact) mass is 1050 g/mol. The van der Waals surface area contributed by atoms with Crippen LogP contribution in [0.3, 0.4) is 0 Å². The molecular weight excluding hydrogens is 1010 g/mol. The molecule has 2 aromatic carbocycles. The first-order valence-corrected chi connectivity index (χ1v) is 22.1. The van der Waals surface area contributed by atoms with Crippen LogP contribution in [0.2, 0.25) is 17.1 Å². The molecule has 0 aromatic heterocycles. The smallest absolute Gasteiger partial charge is 0.460 e. The first-order valence-electron chi connectivity index (χ1n) is 19.8. The summed E-state index contributed by atoms with van der Waals surface area (Å²) in [7, 11) is -2.87. The highest BCUT2D eigenvalue weighted by Gasteiger charge is 2.95. The minimum Gasteiger partial charge on any atom is -0.491 e. The van der Waals surface area contributed by atoms with E-state index < -0.39 is 134 Å². The highest BCUT2D eigenvalue weighted by atomic mass is 28.4. The predicted octanol–water partition coefficient (Wildman–Crippen LogP) is 13.5. The number of hydrogen-bond donors (Lipinski definition) is 1. The number of anilines is 1. The minimum atomic E-state index is -8.73. The van der Waals surface area contributed by atoms with Crippen molar-refractivity contribution in [1.29, 1.82) is 0 Å². The fourth-order valence-electron chi connectivity index (χ4n) is 6.54. The summed E-state index contributed by atoms with van der Waals surface area (Å²) >= 11 is 0. The standard InChI is InChI=1S/C41H44F19NO7Si/c1-7-18-66-31(62)10-8-9-30(64-6)32(68-33(63)61-29-16-13-26(42)22-28(29)43)25-11-14-27(15-12-25)65-19-20-67-69(23(2)3,24(4)5)21-17-34(44,45)35(46,47)36(48,49)37(50,51)38(52,53)39(54,55)40(56,57)41(58,59)60/h7-8,10-16,22-24,30,32H,1,9,17-21H2,2-6H3,(H,61,63)/b10-8+/t30-,32-/m0/s1. The third kappa shape index (κ3) is 12.8. The second kappa shape index (κ2) is 22.6. The van der Waals surface area contributed by atoms with Crippen LogP contribution < -0.4 is 10.1 Å². The van der Waals surface area contributed by atoms with Gasteiger partial charge in [-0.05, 0) is 53.4 Å². The zero-order valence-electron chi connectivity index (χ0n) is 36.6. The van der Waals surface area contributed by atoms with Crippen molar-refractivity contribution in [2.24, 2.45) is 0 Å². The van der Waals surface area contributed by atoms with Crippen LogP contribution in [0.5, 0.6) is 5.75 Å². The Balaban J connectivity index is 2.34. The topological polar surface area (TPSA) is 92.3 Å². The van der Waals surface area contributed by atoms with Gasteiger partial charge in [-0.1, -0.05) is 58.6 Å². The van der Waals surface area contributed by atoms with E-state index in [1.807, 2.05) is 0 Å². The molecule has 0 aliphatic rings. The quantitative estimate of drug-likeness (QED) is 0.0251. The van der Waals surface area contributed by atoms with E-state index in [4.69, 9.17) is 23.4 Å². The summed E-state index contributed by atoms with van der Waals surface area (Å²) in [5, 5.41) is 2.10. The van der Waals surface area contributed by atoms with Crippen molar-refractivity contribution in [3.8, 4) is 5.75 Å². The number of benzene rings is 2. The molecule has 0 spiro atoms. The molecular formula is C41H44F19NO7Si. The molecule has 0 fully saturated rings. The first-order chi connectivity index (χ1) is 31.4. The van der Waals surface area contributed by atoms with Crippen molar-refractivity contribution in [3.63, 3.8) is 0 Å². The summed E-state index contributed by atoms with van der Waals surface area (Å²) in [5.74, 6) is -59.9. The van der Waals surface area contributed by atoms with Crippen molar-refractivity contribution >= 4 is 26.1 Å². The van der Waals surface area contributed by atoms with Crippen molar-refractivity contribution in [2.45, 2.75) is 118 Å². The van der Waals surface area contributed by atoms with Crippen molar-refractivity contribution in [2.75, 3.05) is 32.2 Å². The molecule has 2 aromatic rings. The van der Waals surface area contributed by atoms with Crippen LogP contribution in [0.25, 0.3) is 0 Å². The number of ether oxygens (including phenoxy) is 4. The van der Waals surface area contributed by atoms with Crippen molar-refractivity contribution in [3.05, 3.63) is 84.5 Å². The lowest BCUT2D eigenvalue weighted by atomic mass is 9.88. The fourth-order valence-corrected chi connectivity index (χ4v) is 11.0. The van der Waals surface area contributed by atoms with Gasteiger partial charge in [0.15, 0.2) is 14.4 Å². The average Bonchev–Trinajstić information content (AvgIpc) is 3.23. The Kier molecular flexibility index (Phi) is 19.7. The first kappa shape index (κ1) is 60.4. The Labute approximate surface area is 382 Å². The van der Waals surface area contributed by atoms with Crippen LogP contribution >= 0.6 is 0 Å². The number of nitrogens with one attached hydrogen (secondary N) is 1. The molecule has 1 N–H and O–H groups in total. The Bertz CT molecular complexity index is 2060. The van der Waals surface area contributed by atoms with Gasteiger partial charge in [0.2, 0.25) is 0 Å². The molecule has 0 radical (unpaired) electrons. The second-order valence-electron chi connectivity index (χ2n) is 15.6. The molecule has 0 aliphatic heterocycles. The van der Waals surface area contributed by atoms with Gasteiger partial charge >= 0.3 is 59.7 Å². The summed E-state index contributed by atoms with van der Waals surface area (Å²) in [6.07, 6.45) is -10.6. The van der Waals surface area contributed by atoms with Gasteiger partial charge in [-0.3, -0.25) is 5.32 Å². The summed E-state index contributed by atoms with van der Waals surface area (Å²) in [4.78, 5) is 24.8. The highest BCUT2D eigenvalue weighted by molar-refractivity contribution is 6.76. The maximum Gasteiger partial charge on any atom is 0.460 e. The van der Waals surface area contributed by atoms with E-state index in [-0.39, 0.29) is 24.3 Å². The van der Waals surface area contributed by atoms with E-state index in [1.165, 1.54) is 71.2 Å². The number of carbonyl (C=O) groups is 2. The summed E-state index contributed by atoms with van der Waals surface area (Å²) in [5.41, 5.74) is -2.18. The van der Waals surface area contributed by atoms with E-state index in [0.717, 1.165) is 18.2 Å². The zero-order chi connectivity index (χ0) is 53.4. The van der Waals surface area contributed by atoms with Crippen molar-refractivity contribution < 1.29 is 116 Å². The lowest BCUT2D eigenvalue weighted by molar-refractivity contribution is -0.461. The summed E-state index contributed by atoms with van der Waals surface area (Å²) in [6.45, 7) is 7.30. The largest absolute Gasteiger partial charge is 0.491 e. The number of methoxy groups -OCH3 is 1. The van der Waals surface area contributed by atoms with Gasteiger partial charge < -0.3 is 23.4 Å². The Hall–Kier alpha value is -4.73. The number of amides is 1. The molecule has 2 rings (SSSR count). The van der Waals surface area contributed by atoms with Gasteiger partial charge in [0, 0.05) is 25.7 Å². The van der Waals surface area contributed by atoms with Gasteiger partial charge in [-0.2, -0.15) is 74.6 Å². The molecule has 28 heteroatoms. The summed E-state index contributed by atoms with van der Waals surface area (Å²) in [6, 6.07) is 6.04. The lowest BCUT2D eigenvalue weighted by Crippen LogP contribution is -2.74. The number of rotatable bonds is 26. The van der Waals surface area contributed by atoms with Crippen LogP contribution in [0, 0.1) is 11.6 Å².